The van der Waals surface area contributed by atoms with E-state index >= 15 is 0 Å². The number of carbonyl (C=O) groups excluding carboxylic acids is 2. The molecular weight excluding hydrogens is 453 g/mol. The van der Waals surface area contributed by atoms with Gasteiger partial charge in [-0.25, -0.2) is 13.2 Å². The number of hydrogen-bond donors (Lipinski definition) is 1. The second-order valence-corrected chi connectivity index (χ2v) is 10.3. The Bertz CT molecular complexity index is 985. The van der Waals surface area contributed by atoms with E-state index in [0.717, 1.165) is 12.1 Å². The van der Waals surface area contributed by atoms with Crippen molar-refractivity contribution in [1.82, 2.24) is 20.0 Å². The molecule has 1 N–H and O–H groups in total. The minimum absolute atomic E-state index is 0.0402. The minimum atomic E-state index is -5.36. The molecule has 176 valence electrons. The van der Waals surface area contributed by atoms with E-state index in [1.54, 1.807) is 9.80 Å². The number of rotatable bonds is 3. The quantitative estimate of drug-likeness (QED) is 0.679. The fourth-order valence-electron chi connectivity index (χ4n) is 4.16. The van der Waals surface area contributed by atoms with Crippen molar-refractivity contribution in [2.45, 2.75) is 22.5 Å². The number of piperazine rings is 1. The van der Waals surface area contributed by atoms with E-state index in [0.29, 0.717) is 58.0 Å². The third-order valence-electron chi connectivity index (χ3n) is 5.86. The number of halogens is 3. The van der Waals surface area contributed by atoms with Crippen LogP contribution in [0.1, 0.15) is 5.56 Å². The molecule has 0 aromatic heterocycles. The Morgan fingerprint density at radius 2 is 1.69 bits per heavy atom. The highest BCUT2D eigenvalue weighted by molar-refractivity contribution is 7.92. The fraction of sp³-hybridized carbons (Fsp3) is 0.579. The Balaban J connectivity index is 1.26. The minimum Gasteiger partial charge on any atom is -0.369 e. The number of ether oxygens (including phenoxy) is 1. The summed E-state index contributed by atoms with van der Waals surface area (Å²) >= 11 is 0. The number of nitrogens with zero attached hydrogens (tertiary/aromatic N) is 3. The number of morpholine rings is 1. The first kappa shape index (κ1) is 22.8. The predicted molar refractivity (Wildman–Crippen MR) is 105 cm³/mol. The maximum absolute atomic E-state index is 12.7. The predicted octanol–water partition coefficient (Wildman–Crippen LogP) is 0.419. The van der Waals surface area contributed by atoms with Crippen LogP contribution in [0.5, 0.6) is 0 Å². The van der Waals surface area contributed by atoms with Gasteiger partial charge in [0.2, 0.25) is 5.91 Å². The van der Waals surface area contributed by atoms with Crippen LogP contribution in [0.3, 0.4) is 0 Å². The highest BCUT2D eigenvalue weighted by atomic mass is 32.2. The van der Waals surface area contributed by atoms with Crippen LogP contribution in [-0.4, -0.2) is 98.6 Å². The maximum atomic E-state index is 12.7. The third-order valence-corrected chi connectivity index (χ3v) is 7.36. The lowest BCUT2D eigenvalue weighted by molar-refractivity contribution is -0.141. The van der Waals surface area contributed by atoms with Crippen molar-refractivity contribution >= 4 is 21.8 Å². The zero-order chi connectivity index (χ0) is 23.1. The summed E-state index contributed by atoms with van der Waals surface area (Å²) in [5, 5.41) is 2.89. The summed E-state index contributed by atoms with van der Waals surface area (Å²) in [4.78, 5) is 28.9. The lowest BCUT2D eigenvalue weighted by Gasteiger charge is -2.53. The molecule has 3 aliphatic rings. The molecule has 4 rings (SSSR count). The molecule has 3 aliphatic heterocycles. The SMILES string of the molecule is O=C1COCC2(CN(C(=O)N3CCN(Cc4ccc(S(=O)(=O)C(F)(F)F)cc4)CC3)C2)N1. The average Bonchev–Trinajstić information content (AvgIpc) is 2.71. The molecule has 0 atom stereocenters. The molecule has 0 aliphatic carbocycles. The summed E-state index contributed by atoms with van der Waals surface area (Å²) in [6.45, 7) is 3.82. The first-order valence-corrected chi connectivity index (χ1v) is 11.5. The van der Waals surface area contributed by atoms with Gasteiger partial charge in [0.25, 0.3) is 9.84 Å². The number of benzene rings is 1. The van der Waals surface area contributed by atoms with Crippen LogP contribution in [0, 0.1) is 0 Å². The summed E-state index contributed by atoms with van der Waals surface area (Å²) in [5.74, 6) is -0.180. The second kappa shape index (κ2) is 8.19. The van der Waals surface area contributed by atoms with Gasteiger partial charge >= 0.3 is 11.5 Å². The summed E-state index contributed by atoms with van der Waals surface area (Å²) in [6.07, 6.45) is 0. The molecule has 3 amide bonds. The topological polar surface area (TPSA) is 99.3 Å². The average molecular weight is 476 g/mol. The smallest absolute Gasteiger partial charge is 0.369 e. The molecule has 3 saturated heterocycles. The number of hydrogen-bond acceptors (Lipinski definition) is 6. The van der Waals surface area contributed by atoms with Crippen LogP contribution in [0.15, 0.2) is 29.2 Å². The number of carbonyl (C=O) groups is 2. The van der Waals surface area contributed by atoms with Crippen molar-refractivity contribution in [3.05, 3.63) is 29.8 Å². The summed E-state index contributed by atoms with van der Waals surface area (Å²) in [6, 6.07) is 4.57. The van der Waals surface area contributed by atoms with Crippen molar-refractivity contribution in [3.8, 4) is 0 Å². The number of amides is 3. The molecule has 13 heteroatoms. The zero-order valence-corrected chi connectivity index (χ0v) is 17.9. The van der Waals surface area contributed by atoms with Gasteiger partial charge in [-0.05, 0) is 17.7 Å². The Hall–Kier alpha value is -2.38. The first-order valence-electron chi connectivity index (χ1n) is 10.0. The molecule has 9 nitrogen and oxygen atoms in total. The van der Waals surface area contributed by atoms with Crippen molar-refractivity contribution < 1.29 is 35.9 Å². The van der Waals surface area contributed by atoms with Crippen molar-refractivity contribution in [2.75, 3.05) is 52.5 Å². The van der Waals surface area contributed by atoms with E-state index in [1.807, 2.05) is 4.90 Å². The molecule has 1 spiro atoms. The Kier molecular flexibility index (Phi) is 5.84. The Morgan fingerprint density at radius 3 is 2.25 bits per heavy atom. The normalized spacial score (nSPS) is 21.9. The van der Waals surface area contributed by atoms with Crippen molar-refractivity contribution in [3.63, 3.8) is 0 Å². The number of alkyl halides is 3. The van der Waals surface area contributed by atoms with E-state index in [1.165, 1.54) is 12.1 Å². The molecule has 1 aromatic carbocycles. The number of sulfone groups is 1. The highest BCUT2D eigenvalue weighted by Gasteiger charge is 2.49. The lowest BCUT2D eigenvalue weighted by atomic mass is 9.90. The van der Waals surface area contributed by atoms with Crippen LogP contribution in [0.25, 0.3) is 0 Å². The van der Waals surface area contributed by atoms with Gasteiger partial charge in [0, 0.05) is 45.8 Å². The maximum Gasteiger partial charge on any atom is 0.501 e. The third kappa shape index (κ3) is 4.41. The van der Waals surface area contributed by atoms with Gasteiger partial charge in [0.1, 0.15) is 6.61 Å². The van der Waals surface area contributed by atoms with Crippen molar-refractivity contribution in [1.29, 1.82) is 0 Å². The molecule has 0 radical (unpaired) electrons. The Morgan fingerprint density at radius 1 is 1.06 bits per heavy atom. The fourth-order valence-corrected chi connectivity index (χ4v) is 4.92. The molecule has 32 heavy (non-hydrogen) atoms. The van der Waals surface area contributed by atoms with Crippen LogP contribution < -0.4 is 5.32 Å². The van der Waals surface area contributed by atoms with Gasteiger partial charge in [0.15, 0.2) is 0 Å². The van der Waals surface area contributed by atoms with Gasteiger partial charge in [-0.1, -0.05) is 12.1 Å². The van der Waals surface area contributed by atoms with Crippen LogP contribution >= 0.6 is 0 Å². The lowest BCUT2D eigenvalue weighted by Crippen LogP contribution is -2.76. The molecular formula is C19H23F3N4O5S. The van der Waals surface area contributed by atoms with Gasteiger partial charge in [-0.15, -0.1) is 0 Å². The second-order valence-electron chi connectivity index (χ2n) is 8.32. The molecule has 1 aromatic rings. The Labute approximate surface area is 183 Å². The van der Waals surface area contributed by atoms with Gasteiger partial charge in [-0.3, -0.25) is 9.69 Å². The molecule has 3 heterocycles. The molecule has 0 bridgehead atoms. The van der Waals surface area contributed by atoms with E-state index in [2.05, 4.69) is 5.32 Å². The summed E-state index contributed by atoms with van der Waals surface area (Å²) < 4.78 is 66.1. The van der Waals surface area contributed by atoms with E-state index in [4.69, 9.17) is 4.74 Å². The first-order chi connectivity index (χ1) is 15.0. The summed E-state index contributed by atoms with van der Waals surface area (Å²) in [5.41, 5.74) is -5.13. The van der Waals surface area contributed by atoms with Crippen LogP contribution in [0.4, 0.5) is 18.0 Å². The van der Waals surface area contributed by atoms with Gasteiger partial charge in [-0.2, -0.15) is 13.2 Å². The van der Waals surface area contributed by atoms with E-state index < -0.39 is 25.8 Å². The standard InChI is InChI=1S/C19H23F3N4O5S/c20-19(21,22)32(29,30)15-3-1-14(2-4-15)9-24-5-7-25(8-6-24)17(28)26-11-18(12-26)13-31-10-16(27)23-18/h1-4H,5-13H2,(H,23,27). The number of nitrogens with one attached hydrogen (secondary N) is 1. The van der Waals surface area contributed by atoms with Crippen molar-refractivity contribution in [2.24, 2.45) is 0 Å². The molecule has 3 fully saturated rings. The number of likely N-dealkylation sites (tertiary alicyclic amines) is 1. The largest absolute Gasteiger partial charge is 0.501 e. The number of urea groups is 1. The monoisotopic (exact) mass is 476 g/mol. The van der Waals surface area contributed by atoms with Crippen LogP contribution in [-0.2, 0) is 25.9 Å². The molecule has 0 saturated carbocycles. The van der Waals surface area contributed by atoms with E-state index in [-0.39, 0.29) is 18.5 Å². The highest BCUT2D eigenvalue weighted by Crippen LogP contribution is 2.30. The van der Waals surface area contributed by atoms with E-state index in [9.17, 15) is 31.2 Å². The summed E-state index contributed by atoms with van der Waals surface area (Å²) in [7, 11) is -5.36. The van der Waals surface area contributed by atoms with Gasteiger partial charge < -0.3 is 19.9 Å². The van der Waals surface area contributed by atoms with Crippen LogP contribution in [0.2, 0.25) is 0 Å². The molecule has 0 unspecified atom stereocenters. The zero-order valence-electron chi connectivity index (χ0n) is 17.1. The van der Waals surface area contributed by atoms with Gasteiger partial charge in [0.05, 0.1) is 17.0 Å².